The molecule has 33 heavy (non-hydrogen) atoms. The summed E-state index contributed by atoms with van der Waals surface area (Å²) in [6.45, 7) is 3.70. The molecule has 5 nitrogen and oxygen atoms in total. The molecular weight excluding hydrogens is 436 g/mol. The van der Waals surface area contributed by atoms with Crippen molar-refractivity contribution in [3.05, 3.63) is 94.0 Å². The number of carbonyl (C=O) groups is 1. The maximum atomic E-state index is 13.1. The molecule has 1 heterocycles. The molecule has 1 amide bonds. The van der Waals surface area contributed by atoms with Crippen molar-refractivity contribution in [2.24, 2.45) is 0 Å². The highest BCUT2D eigenvalue weighted by molar-refractivity contribution is 6.33. The first-order valence-corrected chi connectivity index (χ1v) is 11.5. The summed E-state index contributed by atoms with van der Waals surface area (Å²) in [5, 5.41) is 3.64. The third-order valence-corrected chi connectivity index (χ3v) is 6.53. The van der Waals surface area contributed by atoms with Crippen molar-refractivity contribution in [3.63, 3.8) is 0 Å². The largest absolute Gasteiger partial charge is 0.493 e. The number of benzene rings is 3. The van der Waals surface area contributed by atoms with E-state index < -0.39 is 0 Å². The molecule has 6 heteroatoms. The SMILES string of the molecule is COc1cc2c(cc1OC)[C@H]([C@H](C)NC(=O)c1ccccc1Cl)N(Cc1ccccc1)CC2. The molecule has 172 valence electrons. The van der Waals surface area contributed by atoms with Crippen molar-refractivity contribution < 1.29 is 14.3 Å². The second-order valence-corrected chi connectivity index (χ2v) is 8.71. The molecule has 0 saturated heterocycles. The zero-order chi connectivity index (χ0) is 23.4. The van der Waals surface area contributed by atoms with Gasteiger partial charge in [0, 0.05) is 19.1 Å². The Kier molecular flexibility index (Phi) is 7.21. The summed E-state index contributed by atoms with van der Waals surface area (Å²) in [4.78, 5) is 15.5. The number of amides is 1. The number of hydrogen-bond acceptors (Lipinski definition) is 4. The van der Waals surface area contributed by atoms with Crippen molar-refractivity contribution in [3.8, 4) is 11.5 Å². The number of ether oxygens (including phenoxy) is 2. The normalized spacial score (nSPS) is 16.5. The van der Waals surface area contributed by atoms with E-state index in [1.54, 1.807) is 26.4 Å². The van der Waals surface area contributed by atoms with Crippen molar-refractivity contribution in [1.82, 2.24) is 10.2 Å². The van der Waals surface area contributed by atoms with Gasteiger partial charge in [0.2, 0.25) is 0 Å². The van der Waals surface area contributed by atoms with Gasteiger partial charge in [-0.15, -0.1) is 0 Å². The van der Waals surface area contributed by atoms with Crippen LogP contribution in [0.3, 0.4) is 0 Å². The number of nitrogens with one attached hydrogen (secondary N) is 1. The van der Waals surface area contributed by atoms with Crippen molar-refractivity contribution in [1.29, 1.82) is 0 Å². The minimum Gasteiger partial charge on any atom is -0.493 e. The molecule has 0 fully saturated rings. The van der Waals surface area contributed by atoms with Gasteiger partial charge in [-0.2, -0.15) is 0 Å². The lowest BCUT2D eigenvalue weighted by Crippen LogP contribution is -2.47. The van der Waals surface area contributed by atoms with Crippen LogP contribution >= 0.6 is 11.6 Å². The second-order valence-electron chi connectivity index (χ2n) is 8.30. The van der Waals surface area contributed by atoms with E-state index in [1.807, 2.05) is 31.2 Å². The predicted molar refractivity (Wildman–Crippen MR) is 131 cm³/mol. The fourth-order valence-corrected chi connectivity index (χ4v) is 4.84. The van der Waals surface area contributed by atoms with Gasteiger partial charge in [0.15, 0.2) is 11.5 Å². The number of halogens is 1. The summed E-state index contributed by atoms with van der Waals surface area (Å²) in [6.07, 6.45) is 0.893. The molecule has 0 unspecified atom stereocenters. The smallest absolute Gasteiger partial charge is 0.253 e. The van der Waals surface area contributed by atoms with Gasteiger partial charge in [-0.05, 0) is 54.3 Å². The number of nitrogens with zero attached hydrogens (tertiary/aromatic N) is 1. The fourth-order valence-electron chi connectivity index (χ4n) is 4.62. The van der Waals surface area contributed by atoms with E-state index in [-0.39, 0.29) is 18.0 Å². The molecule has 0 radical (unpaired) electrons. The van der Waals surface area contributed by atoms with Crippen LogP contribution < -0.4 is 14.8 Å². The van der Waals surface area contributed by atoms with Gasteiger partial charge >= 0.3 is 0 Å². The quantitative estimate of drug-likeness (QED) is 0.517. The molecule has 0 aromatic heterocycles. The molecule has 0 saturated carbocycles. The Balaban J connectivity index is 1.69. The number of rotatable bonds is 7. The third-order valence-electron chi connectivity index (χ3n) is 6.21. The molecule has 0 spiro atoms. The lowest BCUT2D eigenvalue weighted by atomic mass is 9.87. The van der Waals surface area contributed by atoms with Crippen LogP contribution in [0.15, 0.2) is 66.7 Å². The van der Waals surface area contributed by atoms with Gasteiger partial charge in [-0.1, -0.05) is 54.1 Å². The topological polar surface area (TPSA) is 50.8 Å². The van der Waals surface area contributed by atoms with E-state index in [2.05, 4.69) is 40.5 Å². The summed E-state index contributed by atoms with van der Waals surface area (Å²) < 4.78 is 11.1. The van der Waals surface area contributed by atoms with Crippen LogP contribution in [0, 0.1) is 0 Å². The molecule has 2 atom stereocenters. The van der Waals surface area contributed by atoms with Crippen molar-refractivity contribution in [2.75, 3.05) is 20.8 Å². The predicted octanol–water partition coefficient (Wildman–Crippen LogP) is 5.28. The minimum absolute atomic E-state index is 0.0415. The lowest BCUT2D eigenvalue weighted by molar-refractivity contribution is 0.0877. The Hall–Kier alpha value is -3.02. The second kappa shape index (κ2) is 10.3. The van der Waals surface area contributed by atoms with E-state index in [4.69, 9.17) is 21.1 Å². The zero-order valence-corrected chi connectivity index (χ0v) is 19.9. The number of fused-ring (bicyclic) bond motifs is 1. The Morgan fingerprint density at radius 3 is 2.42 bits per heavy atom. The van der Waals surface area contributed by atoms with E-state index >= 15 is 0 Å². The Labute approximate surface area is 200 Å². The van der Waals surface area contributed by atoms with Crippen LogP contribution in [-0.2, 0) is 13.0 Å². The molecule has 1 aliphatic heterocycles. The van der Waals surface area contributed by atoms with Gasteiger partial charge < -0.3 is 14.8 Å². The maximum absolute atomic E-state index is 13.1. The lowest BCUT2D eigenvalue weighted by Gasteiger charge is -2.41. The van der Waals surface area contributed by atoms with Crippen LogP contribution in [0.1, 0.15) is 40.0 Å². The summed E-state index contributed by atoms with van der Waals surface area (Å²) in [5.41, 5.74) is 4.06. The summed E-state index contributed by atoms with van der Waals surface area (Å²) in [6, 6.07) is 21.4. The van der Waals surface area contributed by atoms with Crippen LogP contribution in [0.4, 0.5) is 0 Å². The highest BCUT2D eigenvalue weighted by Gasteiger charge is 2.34. The summed E-state index contributed by atoms with van der Waals surface area (Å²) in [5.74, 6) is 1.23. The van der Waals surface area contributed by atoms with Crippen LogP contribution in [0.25, 0.3) is 0 Å². The molecular formula is C27H29ClN2O3. The Bertz CT molecular complexity index is 1120. The van der Waals surface area contributed by atoms with Crippen molar-refractivity contribution in [2.45, 2.75) is 32.0 Å². The Morgan fingerprint density at radius 1 is 1.06 bits per heavy atom. The van der Waals surface area contributed by atoms with Crippen LogP contribution in [0.5, 0.6) is 11.5 Å². The zero-order valence-electron chi connectivity index (χ0n) is 19.2. The van der Waals surface area contributed by atoms with E-state index in [0.717, 1.165) is 30.8 Å². The first kappa shape index (κ1) is 23.1. The minimum atomic E-state index is -0.180. The van der Waals surface area contributed by atoms with Crippen LogP contribution in [0.2, 0.25) is 5.02 Å². The van der Waals surface area contributed by atoms with E-state index in [9.17, 15) is 4.79 Å². The number of carbonyl (C=O) groups excluding carboxylic acids is 1. The fraction of sp³-hybridized carbons (Fsp3) is 0.296. The van der Waals surface area contributed by atoms with Gasteiger partial charge in [0.05, 0.1) is 30.8 Å². The van der Waals surface area contributed by atoms with Gasteiger partial charge in [0.25, 0.3) is 5.91 Å². The molecule has 1 N–H and O–H groups in total. The van der Waals surface area contributed by atoms with Gasteiger partial charge in [0.1, 0.15) is 0 Å². The first-order valence-electron chi connectivity index (χ1n) is 11.1. The van der Waals surface area contributed by atoms with Crippen molar-refractivity contribution >= 4 is 17.5 Å². The van der Waals surface area contributed by atoms with E-state index in [1.165, 1.54) is 11.1 Å². The van der Waals surface area contributed by atoms with Gasteiger partial charge in [-0.3, -0.25) is 9.69 Å². The third kappa shape index (κ3) is 5.00. The van der Waals surface area contributed by atoms with Gasteiger partial charge in [-0.25, -0.2) is 0 Å². The monoisotopic (exact) mass is 464 g/mol. The molecule has 0 aliphatic carbocycles. The number of hydrogen-bond donors (Lipinski definition) is 1. The molecule has 3 aromatic rings. The highest BCUT2D eigenvalue weighted by atomic mass is 35.5. The first-order chi connectivity index (χ1) is 16.0. The molecule has 1 aliphatic rings. The van der Waals surface area contributed by atoms with E-state index in [0.29, 0.717) is 16.3 Å². The Morgan fingerprint density at radius 2 is 1.73 bits per heavy atom. The average Bonchev–Trinajstić information content (AvgIpc) is 2.83. The average molecular weight is 465 g/mol. The standard InChI is InChI=1S/C27H29ClN2O3/c1-18(29-27(31)21-11-7-8-12-23(21)28)26-22-16-25(33-3)24(32-2)15-20(22)13-14-30(26)17-19-9-5-4-6-10-19/h4-12,15-16,18,26H,13-14,17H2,1-3H3,(H,29,31)/t18-,26-/m0/s1. The molecule has 4 rings (SSSR count). The number of methoxy groups -OCH3 is 2. The molecule has 3 aromatic carbocycles. The molecule has 0 bridgehead atoms. The maximum Gasteiger partial charge on any atom is 0.253 e. The summed E-state index contributed by atoms with van der Waals surface area (Å²) in [7, 11) is 3.30. The summed E-state index contributed by atoms with van der Waals surface area (Å²) >= 11 is 6.28. The highest BCUT2D eigenvalue weighted by Crippen LogP contribution is 2.40. The van der Waals surface area contributed by atoms with Crippen LogP contribution in [-0.4, -0.2) is 37.6 Å².